The Bertz CT molecular complexity index is 1190. The Labute approximate surface area is 165 Å². The number of rotatable bonds is 6. The van der Waals surface area contributed by atoms with Crippen LogP contribution in [0.4, 0.5) is 0 Å². The zero-order valence-corrected chi connectivity index (χ0v) is 16.6. The van der Waals surface area contributed by atoms with E-state index in [0.717, 1.165) is 34.4 Å². The summed E-state index contributed by atoms with van der Waals surface area (Å²) in [6.07, 6.45) is 4.98. The van der Waals surface area contributed by atoms with Crippen LogP contribution in [0.25, 0.3) is 15.7 Å². The minimum absolute atomic E-state index is 0.244. The van der Waals surface area contributed by atoms with Gasteiger partial charge in [-0.25, -0.2) is 4.68 Å². The highest BCUT2D eigenvalue weighted by Gasteiger charge is 2.21. The highest BCUT2D eigenvalue weighted by molar-refractivity contribution is 7.16. The molecule has 4 aromatic rings. The van der Waals surface area contributed by atoms with Crippen molar-refractivity contribution in [3.8, 4) is 0 Å². The van der Waals surface area contributed by atoms with E-state index in [1.807, 2.05) is 34.0 Å². The number of nitrogens with zero attached hydrogens (tertiary/aromatic N) is 4. The first kappa shape index (κ1) is 18.4. The molecule has 1 amide bonds. The lowest BCUT2D eigenvalue weighted by Crippen LogP contribution is -2.38. The van der Waals surface area contributed by atoms with Crippen molar-refractivity contribution in [1.29, 1.82) is 0 Å². The van der Waals surface area contributed by atoms with Gasteiger partial charge in [-0.2, -0.15) is 5.10 Å². The molecule has 4 heterocycles. The third-order valence-electron chi connectivity index (χ3n) is 4.75. The number of carbonyl (C=O) groups excluding carboxylic acids is 1. The lowest BCUT2D eigenvalue weighted by molar-refractivity contribution is -0.124. The molecular formula is C20H21N5O2S. The Hall–Kier alpha value is -3.00. The Morgan fingerprint density at radius 2 is 2.07 bits per heavy atom. The lowest BCUT2D eigenvalue weighted by atomic mass is 10.2. The standard InChI is InChI=1S/C20H21N5O2S/c1-3-4-17-23-25(13(2)18(26)22-12-14-5-8-21-9-6-14)19(27)16-11-15-7-10-28-20(15)24(16)17/h5-11,13H,3-4,12H2,1-2H3,(H,22,26). The van der Waals surface area contributed by atoms with E-state index >= 15 is 0 Å². The van der Waals surface area contributed by atoms with Gasteiger partial charge in [0, 0.05) is 30.7 Å². The SMILES string of the molecule is CCCc1nn(C(C)C(=O)NCc2ccncc2)c(=O)c2cc3ccsc3n12. The number of aromatic nitrogens is 4. The molecule has 0 aliphatic carbocycles. The highest BCUT2D eigenvalue weighted by atomic mass is 32.1. The van der Waals surface area contributed by atoms with Gasteiger partial charge < -0.3 is 5.32 Å². The first-order valence-corrected chi connectivity index (χ1v) is 10.1. The number of aryl methyl sites for hydroxylation is 1. The molecule has 0 fully saturated rings. The Balaban J connectivity index is 1.70. The average molecular weight is 395 g/mol. The van der Waals surface area contributed by atoms with Crippen LogP contribution in [-0.2, 0) is 17.8 Å². The van der Waals surface area contributed by atoms with Crippen LogP contribution in [0, 0.1) is 0 Å². The van der Waals surface area contributed by atoms with E-state index in [9.17, 15) is 9.59 Å². The number of amides is 1. The molecule has 0 aliphatic heterocycles. The second-order valence-electron chi connectivity index (χ2n) is 6.71. The van der Waals surface area contributed by atoms with Gasteiger partial charge in [-0.15, -0.1) is 11.3 Å². The second kappa shape index (κ2) is 7.55. The zero-order valence-electron chi connectivity index (χ0n) is 15.8. The van der Waals surface area contributed by atoms with Crippen molar-refractivity contribution in [3.63, 3.8) is 0 Å². The van der Waals surface area contributed by atoms with Gasteiger partial charge in [0.1, 0.15) is 22.2 Å². The fourth-order valence-corrected chi connectivity index (χ4v) is 4.18. The van der Waals surface area contributed by atoms with Crippen molar-refractivity contribution < 1.29 is 4.79 Å². The predicted octanol–water partition coefficient (Wildman–Crippen LogP) is 2.94. The summed E-state index contributed by atoms with van der Waals surface area (Å²) >= 11 is 1.59. The number of nitrogens with one attached hydrogen (secondary N) is 1. The molecule has 28 heavy (non-hydrogen) atoms. The van der Waals surface area contributed by atoms with Gasteiger partial charge in [-0.1, -0.05) is 6.92 Å². The number of carbonyl (C=O) groups is 1. The molecule has 0 aliphatic rings. The molecule has 0 aromatic carbocycles. The van der Waals surface area contributed by atoms with E-state index in [1.54, 1.807) is 30.7 Å². The van der Waals surface area contributed by atoms with Crippen LogP contribution in [0.15, 0.2) is 46.8 Å². The molecule has 0 bridgehead atoms. The molecule has 4 rings (SSSR count). The van der Waals surface area contributed by atoms with Crippen molar-refractivity contribution >= 4 is 33.0 Å². The lowest BCUT2D eigenvalue weighted by Gasteiger charge is -2.16. The fourth-order valence-electron chi connectivity index (χ4n) is 3.27. The average Bonchev–Trinajstić information content (AvgIpc) is 3.30. The molecule has 144 valence electrons. The van der Waals surface area contributed by atoms with Crippen LogP contribution in [-0.4, -0.2) is 25.1 Å². The maximum Gasteiger partial charge on any atom is 0.291 e. The smallest absolute Gasteiger partial charge is 0.291 e. The largest absolute Gasteiger partial charge is 0.350 e. The van der Waals surface area contributed by atoms with Crippen LogP contribution in [0.3, 0.4) is 0 Å². The van der Waals surface area contributed by atoms with E-state index in [-0.39, 0.29) is 11.5 Å². The van der Waals surface area contributed by atoms with Crippen molar-refractivity contribution in [2.75, 3.05) is 0 Å². The number of thiophene rings is 1. The molecular weight excluding hydrogens is 374 g/mol. The molecule has 0 saturated heterocycles. The van der Waals surface area contributed by atoms with Gasteiger partial charge in [0.15, 0.2) is 0 Å². The topological polar surface area (TPSA) is 81.3 Å². The Morgan fingerprint density at radius 3 is 2.82 bits per heavy atom. The van der Waals surface area contributed by atoms with Crippen molar-refractivity contribution in [1.82, 2.24) is 24.5 Å². The summed E-state index contributed by atoms with van der Waals surface area (Å²) in [4.78, 5) is 30.7. The van der Waals surface area contributed by atoms with Gasteiger partial charge in [0.05, 0.1) is 0 Å². The summed E-state index contributed by atoms with van der Waals surface area (Å²) in [5.41, 5.74) is 1.26. The summed E-state index contributed by atoms with van der Waals surface area (Å²) in [6, 6.07) is 6.86. The molecule has 4 aromatic heterocycles. The number of hydrogen-bond acceptors (Lipinski definition) is 5. The minimum Gasteiger partial charge on any atom is -0.350 e. The van der Waals surface area contributed by atoms with Gasteiger partial charge in [-0.05, 0) is 48.6 Å². The van der Waals surface area contributed by atoms with E-state index in [0.29, 0.717) is 12.1 Å². The minimum atomic E-state index is -0.706. The number of pyridine rings is 1. The van der Waals surface area contributed by atoms with E-state index < -0.39 is 6.04 Å². The summed E-state index contributed by atoms with van der Waals surface area (Å²) in [5.74, 6) is 0.551. The summed E-state index contributed by atoms with van der Waals surface area (Å²) in [5, 5.41) is 10.5. The Kier molecular flexibility index (Phi) is 4.95. The first-order chi connectivity index (χ1) is 13.6. The van der Waals surface area contributed by atoms with Crippen LogP contribution in [0.1, 0.15) is 37.7 Å². The molecule has 0 saturated carbocycles. The molecule has 8 heteroatoms. The van der Waals surface area contributed by atoms with E-state index in [2.05, 4.69) is 22.3 Å². The molecule has 1 atom stereocenters. The Morgan fingerprint density at radius 1 is 1.29 bits per heavy atom. The van der Waals surface area contributed by atoms with E-state index in [4.69, 9.17) is 0 Å². The molecule has 0 spiro atoms. The third kappa shape index (κ3) is 3.20. The van der Waals surface area contributed by atoms with Crippen LogP contribution < -0.4 is 10.9 Å². The normalized spacial score (nSPS) is 12.5. The zero-order chi connectivity index (χ0) is 19.7. The van der Waals surface area contributed by atoms with E-state index in [1.165, 1.54) is 4.68 Å². The van der Waals surface area contributed by atoms with Gasteiger partial charge in [0.25, 0.3) is 5.56 Å². The molecule has 0 radical (unpaired) electrons. The van der Waals surface area contributed by atoms with Crippen LogP contribution in [0.2, 0.25) is 0 Å². The van der Waals surface area contributed by atoms with Crippen molar-refractivity contribution in [3.05, 3.63) is 63.8 Å². The third-order valence-corrected chi connectivity index (χ3v) is 5.67. The van der Waals surface area contributed by atoms with Crippen molar-refractivity contribution in [2.24, 2.45) is 0 Å². The second-order valence-corrected chi connectivity index (χ2v) is 7.61. The molecule has 1 N–H and O–H groups in total. The number of hydrogen-bond donors (Lipinski definition) is 1. The summed E-state index contributed by atoms with van der Waals surface area (Å²) in [7, 11) is 0. The van der Waals surface area contributed by atoms with Crippen LogP contribution in [0.5, 0.6) is 0 Å². The quantitative estimate of drug-likeness (QED) is 0.544. The monoisotopic (exact) mass is 395 g/mol. The van der Waals surface area contributed by atoms with Gasteiger partial charge in [0.2, 0.25) is 5.91 Å². The molecule has 1 unspecified atom stereocenters. The van der Waals surface area contributed by atoms with Gasteiger partial charge >= 0.3 is 0 Å². The fraction of sp³-hybridized carbons (Fsp3) is 0.300. The molecule has 7 nitrogen and oxygen atoms in total. The highest BCUT2D eigenvalue weighted by Crippen LogP contribution is 2.25. The van der Waals surface area contributed by atoms with Crippen LogP contribution >= 0.6 is 11.3 Å². The number of fused-ring (bicyclic) bond motifs is 3. The summed E-state index contributed by atoms with van der Waals surface area (Å²) < 4.78 is 3.25. The van der Waals surface area contributed by atoms with Crippen molar-refractivity contribution in [2.45, 2.75) is 39.3 Å². The maximum atomic E-state index is 13.1. The summed E-state index contributed by atoms with van der Waals surface area (Å²) in [6.45, 7) is 4.15. The maximum absolute atomic E-state index is 13.1. The first-order valence-electron chi connectivity index (χ1n) is 9.27. The van der Waals surface area contributed by atoms with Gasteiger partial charge in [-0.3, -0.25) is 19.0 Å². The predicted molar refractivity (Wildman–Crippen MR) is 110 cm³/mol.